The van der Waals surface area contributed by atoms with Crippen molar-refractivity contribution >= 4 is 5.91 Å². The van der Waals surface area contributed by atoms with E-state index in [-0.39, 0.29) is 11.9 Å². The van der Waals surface area contributed by atoms with Gasteiger partial charge in [-0.25, -0.2) is 0 Å². The second-order valence-corrected chi connectivity index (χ2v) is 6.73. The van der Waals surface area contributed by atoms with Crippen LogP contribution in [0.3, 0.4) is 0 Å². The highest BCUT2D eigenvalue weighted by atomic mass is 16.5. The van der Waals surface area contributed by atoms with Crippen LogP contribution in [0.15, 0.2) is 42.5 Å². The van der Waals surface area contributed by atoms with E-state index in [1.54, 1.807) is 21.3 Å². The average Bonchev–Trinajstić information content (AvgIpc) is 2.69. The van der Waals surface area contributed by atoms with Crippen LogP contribution in [0.5, 0.6) is 17.2 Å². The van der Waals surface area contributed by atoms with Crippen LogP contribution in [-0.4, -0.2) is 27.2 Å². The molecule has 0 radical (unpaired) electrons. The Morgan fingerprint density at radius 3 is 2.04 bits per heavy atom. The van der Waals surface area contributed by atoms with Crippen LogP contribution in [0, 0.1) is 5.92 Å². The van der Waals surface area contributed by atoms with Crippen LogP contribution in [0.1, 0.15) is 37.4 Å². The van der Waals surface area contributed by atoms with Crippen molar-refractivity contribution in [2.75, 3.05) is 21.3 Å². The lowest BCUT2D eigenvalue weighted by atomic mass is 9.95. The number of benzene rings is 2. The number of ether oxygens (including phenoxy) is 3. The summed E-state index contributed by atoms with van der Waals surface area (Å²) in [6.07, 6.45) is 0.969. The molecule has 0 aliphatic heterocycles. The molecule has 0 bridgehead atoms. The molecule has 1 N–H and O–H groups in total. The standard InChI is InChI=1S/C22H29NO4/c1-15(2)21(17-9-7-6-8-10-17)23-20(24)12-11-16-13-18(25-3)22(27-5)19(14-16)26-4/h6-10,13-15,21H,11-12H2,1-5H3,(H,23,24). The summed E-state index contributed by atoms with van der Waals surface area (Å²) in [6.45, 7) is 4.22. The number of carbonyl (C=O) groups excluding carboxylic acids is 1. The molecular formula is C22H29NO4. The number of methoxy groups -OCH3 is 3. The maximum Gasteiger partial charge on any atom is 0.220 e. The first-order valence-corrected chi connectivity index (χ1v) is 9.13. The van der Waals surface area contributed by atoms with Crippen molar-refractivity contribution in [2.24, 2.45) is 5.92 Å². The topological polar surface area (TPSA) is 56.8 Å². The minimum atomic E-state index is -0.00126. The Bertz CT molecular complexity index is 718. The second-order valence-electron chi connectivity index (χ2n) is 6.73. The fourth-order valence-corrected chi connectivity index (χ4v) is 3.08. The Kier molecular flexibility index (Phi) is 7.53. The van der Waals surface area contributed by atoms with Gasteiger partial charge in [-0.2, -0.15) is 0 Å². The summed E-state index contributed by atoms with van der Waals surface area (Å²) >= 11 is 0. The van der Waals surface area contributed by atoms with Crippen LogP contribution >= 0.6 is 0 Å². The highest BCUT2D eigenvalue weighted by Crippen LogP contribution is 2.38. The zero-order valence-electron chi connectivity index (χ0n) is 16.7. The third-order valence-corrected chi connectivity index (χ3v) is 4.51. The molecule has 1 atom stereocenters. The second kappa shape index (κ2) is 9.86. The molecular weight excluding hydrogens is 342 g/mol. The Labute approximate surface area is 161 Å². The van der Waals surface area contributed by atoms with Gasteiger partial charge < -0.3 is 19.5 Å². The highest BCUT2D eigenvalue weighted by Gasteiger charge is 2.19. The molecule has 1 amide bonds. The molecule has 0 saturated heterocycles. The fraction of sp³-hybridized carbons (Fsp3) is 0.409. The van der Waals surface area contributed by atoms with Crippen molar-refractivity contribution < 1.29 is 19.0 Å². The Hall–Kier alpha value is -2.69. The van der Waals surface area contributed by atoms with Gasteiger partial charge in [-0.1, -0.05) is 44.2 Å². The summed E-state index contributed by atoms with van der Waals surface area (Å²) in [6, 6.07) is 13.8. The van der Waals surface area contributed by atoms with E-state index in [2.05, 4.69) is 19.2 Å². The van der Waals surface area contributed by atoms with E-state index in [1.165, 1.54) is 0 Å². The van der Waals surface area contributed by atoms with E-state index in [1.807, 2.05) is 42.5 Å². The van der Waals surface area contributed by atoms with Crippen molar-refractivity contribution in [2.45, 2.75) is 32.7 Å². The first kappa shape index (κ1) is 20.6. The molecule has 0 spiro atoms. The summed E-state index contributed by atoms with van der Waals surface area (Å²) in [4.78, 5) is 12.5. The van der Waals surface area contributed by atoms with Gasteiger partial charge >= 0.3 is 0 Å². The summed E-state index contributed by atoms with van der Waals surface area (Å²) in [7, 11) is 4.74. The summed E-state index contributed by atoms with van der Waals surface area (Å²) in [5.74, 6) is 2.06. The van der Waals surface area contributed by atoms with Crippen LogP contribution in [0.2, 0.25) is 0 Å². The quantitative estimate of drug-likeness (QED) is 0.719. The SMILES string of the molecule is COc1cc(CCC(=O)NC(c2ccccc2)C(C)C)cc(OC)c1OC. The van der Waals surface area contributed by atoms with Crippen molar-refractivity contribution in [3.63, 3.8) is 0 Å². The molecule has 146 valence electrons. The zero-order valence-corrected chi connectivity index (χ0v) is 16.7. The third kappa shape index (κ3) is 5.39. The van der Waals surface area contributed by atoms with Crippen LogP contribution in [0.4, 0.5) is 0 Å². The van der Waals surface area contributed by atoms with E-state index in [0.717, 1.165) is 11.1 Å². The van der Waals surface area contributed by atoms with Gasteiger partial charge in [0.2, 0.25) is 11.7 Å². The first-order valence-electron chi connectivity index (χ1n) is 9.13. The third-order valence-electron chi connectivity index (χ3n) is 4.51. The maximum atomic E-state index is 12.5. The largest absolute Gasteiger partial charge is 0.493 e. The summed E-state index contributed by atoms with van der Waals surface area (Å²) in [5, 5.41) is 3.16. The van der Waals surface area contributed by atoms with E-state index in [4.69, 9.17) is 14.2 Å². The Morgan fingerprint density at radius 2 is 1.56 bits per heavy atom. The molecule has 0 aliphatic rings. The Morgan fingerprint density at radius 1 is 0.963 bits per heavy atom. The van der Waals surface area contributed by atoms with Crippen molar-refractivity contribution in [3.05, 3.63) is 53.6 Å². The first-order chi connectivity index (χ1) is 13.0. The van der Waals surface area contributed by atoms with Gasteiger partial charge in [-0.15, -0.1) is 0 Å². The van der Waals surface area contributed by atoms with E-state index < -0.39 is 0 Å². The number of rotatable bonds is 9. The van der Waals surface area contributed by atoms with Gasteiger partial charge in [0, 0.05) is 6.42 Å². The molecule has 1 unspecified atom stereocenters. The predicted molar refractivity (Wildman–Crippen MR) is 107 cm³/mol. The number of amides is 1. The van der Waals surface area contributed by atoms with Crippen molar-refractivity contribution in [1.29, 1.82) is 0 Å². The monoisotopic (exact) mass is 371 g/mol. The minimum absolute atomic E-state index is 0.00126. The fourth-order valence-electron chi connectivity index (χ4n) is 3.08. The molecule has 0 heterocycles. The molecule has 0 aliphatic carbocycles. The molecule has 0 saturated carbocycles. The zero-order chi connectivity index (χ0) is 19.8. The van der Waals surface area contributed by atoms with Gasteiger partial charge in [-0.3, -0.25) is 4.79 Å². The van der Waals surface area contributed by atoms with Gasteiger partial charge in [0.1, 0.15) is 0 Å². The molecule has 2 rings (SSSR count). The lowest BCUT2D eigenvalue weighted by Crippen LogP contribution is -2.31. The normalized spacial score (nSPS) is 11.8. The molecule has 2 aromatic carbocycles. The maximum absolute atomic E-state index is 12.5. The van der Waals surface area contributed by atoms with E-state index in [9.17, 15) is 4.79 Å². The van der Waals surface area contributed by atoms with Crippen molar-refractivity contribution in [3.8, 4) is 17.2 Å². The van der Waals surface area contributed by atoms with Gasteiger partial charge in [0.25, 0.3) is 0 Å². The number of aryl methyl sites for hydroxylation is 1. The predicted octanol–water partition coefficient (Wildman–Crippen LogP) is 4.16. The number of nitrogens with one attached hydrogen (secondary N) is 1. The Balaban J connectivity index is 2.06. The van der Waals surface area contributed by atoms with Crippen molar-refractivity contribution in [1.82, 2.24) is 5.32 Å². The van der Waals surface area contributed by atoms with Gasteiger partial charge in [0.05, 0.1) is 27.4 Å². The molecule has 27 heavy (non-hydrogen) atoms. The van der Waals surface area contributed by atoms with Gasteiger partial charge in [0.15, 0.2) is 11.5 Å². The lowest BCUT2D eigenvalue weighted by molar-refractivity contribution is -0.122. The number of hydrogen-bond donors (Lipinski definition) is 1. The van der Waals surface area contributed by atoms with E-state index in [0.29, 0.717) is 36.0 Å². The minimum Gasteiger partial charge on any atom is -0.493 e. The average molecular weight is 371 g/mol. The molecule has 5 nitrogen and oxygen atoms in total. The van der Waals surface area contributed by atoms with Crippen LogP contribution in [0.25, 0.3) is 0 Å². The smallest absolute Gasteiger partial charge is 0.220 e. The molecule has 5 heteroatoms. The molecule has 0 fully saturated rings. The number of hydrogen-bond acceptors (Lipinski definition) is 4. The van der Waals surface area contributed by atoms with Gasteiger partial charge in [-0.05, 0) is 35.6 Å². The lowest BCUT2D eigenvalue weighted by Gasteiger charge is -2.23. The molecule has 0 aromatic heterocycles. The summed E-state index contributed by atoms with van der Waals surface area (Å²) < 4.78 is 16.1. The highest BCUT2D eigenvalue weighted by molar-refractivity contribution is 5.76. The number of carbonyl (C=O) groups is 1. The van der Waals surface area contributed by atoms with Crippen LogP contribution in [-0.2, 0) is 11.2 Å². The molecule has 2 aromatic rings. The van der Waals surface area contributed by atoms with Crippen LogP contribution < -0.4 is 19.5 Å². The summed E-state index contributed by atoms with van der Waals surface area (Å²) in [5.41, 5.74) is 2.08. The van der Waals surface area contributed by atoms with E-state index >= 15 is 0 Å².